The van der Waals surface area contributed by atoms with Gasteiger partial charge in [0, 0.05) is 22.6 Å². The number of aromatic nitrogens is 2. The molecular formula is C21H24N2O2. The zero-order chi connectivity index (χ0) is 18.6. The van der Waals surface area contributed by atoms with E-state index in [0.717, 1.165) is 27.9 Å². The molecule has 0 fully saturated rings. The van der Waals surface area contributed by atoms with Crippen LogP contribution >= 0.6 is 0 Å². The zero-order valence-corrected chi connectivity index (χ0v) is 15.5. The van der Waals surface area contributed by atoms with Gasteiger partial charge in [-0.15, -0.1) is 0 Å². The van der Waals surface area contributed by atoms with Crippen LogP contribution in [0.2, 0.25) is 0 Å². The lowest BCUT2D eigenvalue weighted by atomic mass is 10.1. The maximum absolute atomic E-state index is 12.2. The summed E-state index contributed by atoms with van der Waals surface area (Å²) in [5.41, 5.74) is 3.73. The van der Waals surface area contributed by atoms with Crippen LogP contribution in [-0.2, 0) is 6.54 Å². The summed E-state index contributed by atoms with van der Waals surface area (Å²) in [6.45, 7) is 9.98. The van der Waals surface area contributed by atoms with Crippen molar-refractivity contribution in [2.24, 2.45) is 0 Å². The first-order valence-corrected chi connectivity index (χ1v) is 8.78. The van der Waals surface area contributed by atoms with Gasteiger partial charge in [0.25, 0.3) is 5.56 Å². The van der Waals surface area contributed by atoms with E-state index in [2.05, 4.69) is 11.1 Å². The SMILES string of the molecule is CC.CC.CC(=O)c1cc2n(c(=O)c1)Cc1cc3ccccc3nc1-2. The number of benzene rings is 1. The van der Waals surface area contributed by atoms with Gasteiger partial charge in [0.05, 0.1) is 23.4 Å². The average molecular weight is 336 g/mol. The smallest absolute Gasteiger partial charge is 0.252 e. The van der Waals surface area contributed by atoms with E-state index in [9.17, 15) is 9.59 Å². The Labute approximate surface area is 148 Å². The lowest BCUT2D eigenvalue weighted by molar-refractivity contribution is 0.101. The van der Waals surface area contributed by atoms with Crippen molar-refractivity contribution in [3.63, 3.8) is 0 Å². The molecular weight excluding hydrogens is 312 g/mol. The van der Waals surface area contributed by atoms with Crippen LogP contribution in [0.25, 0.3) is 22.3 Å². The van der Waals surface area contributed by atoms with Gasteiger partial charge in [0.2, 0.25) is 0 Å². The fourth-order valence-corrected chi connectivity index (χ4v) is 2.83. The van der Waals surface area contributed by atoms with Gasteiger partial charge in [-0.25, -0.2) is 4.98 Å². The van der Waals surface area contributed by atoms with Gasteiger partial charge in [0.1, 0.15) is 0 Å². The number of Topliss-reactive ketones (excluding diaryl/α,β-unsaturated/α-hetero) is 1. The quantitative estimate of drug-likeness (QED) is 0.474. The molecule has 0 saturated heterocycles. The van der Waals surface area contributed by atoms with Crippen molar-refractivity contribution < 1.29 is 4.79 Å². The Morgan fingerprint density at radius 3 is 2.40 bits per heavy atom. The third kappa shape index (κ3) is 3.38. The molecule has 3 aromatic rings. The van der Waals surface area contributed by atoms with E-state index in [4.69, 9.17) is 0 Å². The molecule has 0 N–H and O–H groups in total. The topological polar surface area (TPSA) is 52.0 Å². The number of ketones is 1. The molecule has 0 spiro atoms. The predicted octanol–water partition coefficient (Wildman–Crippen LogP) is 4.68. The highest BCUT2D eigenvalue weighted by molar-refractivity contribution is 5.95. The van der Waals surface area contributed by atoms with Gasteiger partial charge in [-0.3, -0.25) is 9.59 Å². The van der Waals surface area contributed by atoms with Gasteiger partial charge in [0.15, 0.2) is 5.78 Å². The molecule has 0 bridgehead atoms. The van der Waals surface area contributed by atoms with Crippen molar-refractivity contribution in [2.45, 2.75) is 41.2 Å². The largest absolute Gasteiger partial charge is 0.302 e. The van der Waals surface area contributed by atoms with Crippen molar-refractivity contribution >= 4 is 16.7 Å². The molecule has 25 heavy (non-hydrogen) atoms. The minimum Gasteiger partial charge on any atom is -0.302 e. The number of fused-ring (bicyclic) bond motifs is 4. The Morgan fingerprint density at radius 2 is 1.72 bits per heavy atom. The lowest BCUT2D eigenvalue weighted by Gasteiger charge is -2.04. The minimum atomic E-state index is -0.153. The summed E-state index contributed by atoms with van der Waals surface area (Å²) in [6.07, 6.45) is 0. The number of hydrogen-bond acceptors (Lipinski definition) is 3. The maximum atomic E-state index is 12.2. The van der Waals surface area contributed by atoms with Crippen LogP contribution < -0.4 is 5.56 Å². The van der Waals surface area contributed by atoms with Gasteiger partial charge in [-0.1, -0.05) is 45.9 Å². The number of hydrogen-bond donors (Lipinski definition) is 0. The summed E-state index contributed by atoms with van der Waals surface area (Å²) in [5, 5.41) is 1.06. The molecule has 2 aromatic heterocycles. The highest BCUT2D eigenvalue weighted by atomic mass is 16.1. The van der Waals surface area contributed by atoms with Gasteiger partial charge in [-0.2, -0.15) is 0 Å². The van der Waals surface area contributed by atoms with E-state index in [1.807, 2.05) is 52.0 Å². The number of pyridine rings is 2. The fourth-order valence-electron chi connectivity index (χ4n) is 2.83. The van der Waals surface area contributed by atoms with Crippen LogP contribution in [0.1, 0.15) is 50.5 Å². The summed E-state index contributed by atoms with van der Waals surface area (Å²) >= 11 is 0. The standard InChI is InChI=1S/C17H12N2O2.2C2H6/c1-10(20)12-7-15-17-13(9-19(15)16(21)8-12)6-11-4-2-3-5-14(11)18-17;2*1-2/h2-8H,9H2,1H3;2*1-2H3. The molecule has 4 nitrogen and oxygen atoms in total. The van der Waals surface area contributed by atoms with Crippen LogP contribution in [0.15, 0.2) is 47.3 Å². The van der Waals surface area contributed by atoms with Crippen LogP contribution in [-0.4, -0.2) is 15.3 Å². The molecule has 0 unspecified atom stereocenters. The predicted molar refractivity (Wildman–Crippen MR) is 103 cm³/mol. The van der Waals surface area contributed by atoms with Crippen molar-refractivity contribution in [3.8, 4) is 11.4 Å². The van der Waals surface area contributed by atoms with E-state index < -0.39 is 0 Å². The summed E-state index contributed by atoms with van der Waals surface area (Å²) in [5.74, 6) is -0.107. The third-order valence-electron chi connectivity index (χ3n) is 3.91. The van der Waals surface area contributed by atoms with Crippen LogP contribution in [0.4, 0.5) is 0 Å². The first kappa shape index (κ1) is 18.6. The van der Waals surface area contributed by atoms with Gasteiger partial charge < -0.3 is 4.57 Å². The Hall–Kier alpha value is -2.75. The molecule has 1 aromatic carbocycles. The highest BCUT2D eigenvalue weighted by Gasteiger charge is 2.22. The first-order chi connectivity index (χ1) is 12.1. The van der Waals surface area contributed by atoms with Gasteiger partial charge >= 0.3 is 0 Å². The summed E-state index contributed by atoms with van der Waals surface area (Å²) in [4.78, 5) is 28.4. The number of rotatable bonds is 1. The Kier molecular flexibility index (Phi) is 5.86. The maximum Gasteiger partial charge on any atom is 0.252 e. The normalized spacial score (nSPS) is 10.8. The lowest BCUT2D eigenvalue weighted by Crippen LogP contribution is -2.19. The van der Waals surface area contributed by atoms with Crippen molar-refractivity contribution in [1.29, 1.82) is 0 Å². The monoisotopic (exact) mass is 336 g/mol. The fraction of sp³-hybridized carbons (Fsp3) is 0.286. The summed E-state index contributed by atoms with van der Waals surface area (Å²) in [6, 6.07) is 13.1. The molecule has 3 heterocycles. The Morgan fingerprint density at radius 1 is 1.04 bits per heavy atom. The van der Waals surface area contributed by atoms with Crippen molar-refractivity contribution in [1.82, 2.24) is 9.55 Å². The number of nitrogens with zero attached hydrogens (tertiary/aromatic N) is 2. The molecule has 1 aliphatic rings. The molecule has 4 heteroatoms. The molecule has 0 atom stereocenters. The third-order valence-corrected chi connectivity index (χ3v) is 3.91. The summed E-state index contributed by atoms with van der Waals surface area (Å²) in [7, 11) is 0. The van der Waals surface area contributed by atoms with Crippen LogP contribution in [0.5, 0.6) is 0 Å². The molecule has 0 amide bonds. The second kappa shape index (κ2) is 7.88. The zero-order valence-electron chi connectivity index (χ0n) is 15.5. The number of carbonyl (C=O) groups is 1. The van der Waals surface area contributed by atoms with Gasteiger partial charge in [-0.05, 0) is 25.1 Å². The minimum absolute atomic E-state index is 0.107. The van der Waals surface area contributed by atoms with E-state index in [-0.39, 0.29) is 11.3 Å². The van der Waals surface area contributed by atoms with Crippen LogP contribution in [0.3, 0.4) is 0 Å². The average Bonchev–Trinajstić information content (AvgIpc) is 3.01. The molecule has 4 rings (SSSR count). The van der Waals surface area contributed by atoms with Crippen LogP contribution in [0, 0.1) is 0 Å². The molecule has 0 radical (unpaired) electrons. The second-order valence-electron chi connectivity index (χ2n) is 5.30. The van der Waals surface area contributed by atoms with E-state index in [1.165, 1.54) is 13.0 Å². The molecule has 130 valence electrons. The van der Waals surface area contributed by atoms with E-state index >= 15 is 0 Å². The molecule has 0 saturated carbocycles. The highest BCUT2D eigenvalue weighted by Crippen LogP contribution is 2.31. The number of carbonyl (C=O) groups excluding carboxylic acids is 1. The summed E-state index contributed by atoms with van der Waals surface area (Å²) < 4.78 is 1.67. The van der Waals surface area contributed by atoms with Crippen molar-refractivity contribution in [3.05, 3.63) is 63.9 Å². The van der Waals surface area contributed by atoms with E-state index in [0.29, 0.717) is 12.1 Å². The van der Waals surface area contributed by atoms with E-state index in [1.54, 1.807) is 10.6 Å². The second-order valence-corrected chi connectivity index (χ2v) is 5.30. The first-order valence-electron chi connectivity index (χ1n) is 8.78. The van der Waals surface area contributed by atoms with Crippen molar-refractivity contribution in [2.75, 3.05) is 0 Å². The Balaban J connectivity index is 0.000000528. The Bertz CT molecular complexity index is 971. The molecule has 0 aliphatic carbocycles. The molecule has 1 aliphatic heterocycles. The number of para-hydroxylation sites is 1.